The van der Waals surface area contributed by atoms with Crippen LogP contribution in [0.1, 0.15) is 96.8 Å². The molecule has 0 bridgehead atoms. The van der Waals surface area contributed by atoms with Crippen molar-refractivity contribution in [2.24, 2.45) is 0 Å². The topological polar surface area (TPSA) is 23.8 Å². The Labute approximate surface area is 142 Å². The molecule has 0 aromatic heterocycles. The van der Waals surface area contributed by atoms with Crippen molar-refractivity contribution in [2.45, 2.75) is 108 Å². The zero-order chi connectivity index (χ0) is 15.8. The highest BCUT2D eigenvalue weighted by molar-refractivity contribution is 6.29. The van der Waals surface area contributed by atoms with Gasteiger partial charge in [0, 0.05) is 17.2 Å². The van der Waals surface area contributed by atoms with E-state index < -0.39 is 0 Å². The molecule has 0 radical (unpaired) electrons. The first-order valence-corrected chi connectivity index (χ1v) is 9.74. The number of alkyl halides is 2. The van der Waals surface area contributed by atoms with Crippen LogP contribution in [0.25, 0.3) is 0 Å². The normalized spacial score (nSPS) is 13.8. The van der Waals surface area contributed by atoms with Crippen molar-refractivity contribution >= 4 is 23.2 Å². The van der Waals surface area contributed by atoms with Crippen molar-refractivity contribution in [3.63, 3.8) is 0 Å². The average Bonchev–Trinajstić information content (AvgIpc) is 2.49. The summed E-state index contributed by atoms with van der Waals surface area (Å²) in [6.45, 7) is 2.25. The van der Waals surface area contributed by atoms with E-state index in [0.29, 0.717) is 6.42 Å². The van der Waals surface area contributed by atoms with Crippen LogP contribution in [0.2, 0.25) is 0 Å². The zero-order valence-corrected chi connectivity index (χ0v) is 15.3. The molecule has 0 saturated carbocycles. The first-order valence-electron chi connectivity index (χ1n) is 8.87. The third kappa shape index (κ3) is 14.8. The fraction of sp³-hybridized carbons (Fsp3) is 0.944. The number of halogens is 2. The van der Waals surface area contributed by atoms with Crippen LogP contribution in [-0.4, -0.2) is 10.8 Å². The smallest absolute Gasteiger partial charge is 0.0621 e. The second-order valence-electron chi connectivity index (χ2n) is 6.05. The molecule has 0 spiro atoms. The molecule has 0 heterocycles. The van der Waals surface area contributed by atoms with Crippen LogP contribution in [0.4, 0.5) is 0 Å². The minimum Gasteiger partial charge on any atom is -0.198 e. The van der Waals surface area contributed by atoms with Crippen molar-refractivity contribution in [1.29, 1.82) is 5.26 Å². The van der Waals surface area contributed by atoms with Crippen molar-refractivity contribution in [3.05, 3.63) is 0 Å². The van der Waals surface area contributed by atoms with Gasteiger partial charge in [0.1, 0.15) is 0 Å². The molecule has 0 aliphatic rings. The minimum atomic E-state index is 0.126. The van der Waals surface area contributed by atoms with Crippen molar-refractivity contribution in [1.82, 2.24) is 0 Å². The van der Waals surface area contributed by atoms with Gasteiger partial charge in [0.25, 0.3) is 0 Å². The van der Waals surface area contributed by atoms with Gasteiger partial charge in [-0.15, -0.1) is 23.2 Å². The van der Waals surface area contributed by atoms with E-state index in [9.17, 15) is 0 Å². The van der Waals surface area contributed by atoms with E-state index in [-0.39, 0.29) is 10.8 Å². The predicted octanol–water partition coefficient (Wildman–Crippen LogP) is 7.21. The van der Waals surface area contributed by atoms with Gasteiger partial charge in [-0.05, 0) is 19.3 Å². The standard InChI is InChI=1S/C18H33Cl2N/c1-2-3-4-5-8-11-14-17(19)18(20)15-12-9-6-7-10-13-16-21/h17-18H,2-15H2,1H3. The second-order valence-corrected chi connectivity index (χ2v) is 7.17. The number of nitriles is 1. The molecule has 0 aromatic carbocycles. The highest BCUT2D eigenvalue weighted by atomic mass is 35.5. The average molecular weight is 334 g/mol. The summed E-state index contributed by atoms with van der Waals surface area (Å²) in [5, 5.41) is 8.71. The summed E-state index contributed by atoms with van der Waals surface area (Å²) in [4.78, 5) is 0. The number of unbranched alkanes of at least 4 members (excludes halogenated alkanes) is 10. The first kappa shape index (κ1) is 21.1. The van der Waals surface area contributed by atoms with Crippen molar-refractivity contribution < 1.29 is 0 Å². The Balaban J connectivity index is 3.36. The summed E-state index contributed by atoms with van der Waals surface area (Å²) in [7, 11) is 0. The Bertz CT molecular complexity index is 250. The maximum atomic E-state index is 8.45. The lowest BCUT2D eigenvalue weighted by Crippen LogP contribution is -2.14. The fourth-order valence-corrected chi connectivity index (χ4v) is 3.12. The fourth-order valence-electron chi connectivity index (χ4n) is 2.56. The van der Waals surface area contributed by atoms with Gasteiger partial charge >= 0.3 is 0 Å². The van der Waals surface area contributed by atoms with Gasteiger partial charge in [-0.25, -0.2) is 0 Å². The maximum Gasteiger partial charge on any atom is 0.0621 e. The largest absolute Gasteiger partial charge is 0.198 e. The van der Waals surface area contributed by atoms with Crippen LogP contribution in [0, 0.1) is 11.3 Å². The first-order chi connectivity index (χ1) is 10.2. The molecule has 0 fully saturated rings. The van der Waals surface area contributed by atoms with E-state index in [1.54, 1.807) is 0 Å². The van der Waals surface area contributed by atoms with Gasteiger partial charge < -0.3 is 0 Å². The number of nitrogens with zero attached hydrogens (tertiary/aromatic N) is 1. The Morgan fingerprint density at radius 2 is 1.14 bits per heavy atom. The Morgan fingerprint density at radius 3 is 1.62 bits per heavy atom. The lowest BCUT2D eigenvalue weighted by atomic mass is 10.0. The third-order valence-electron chi connectivity index (χ3n) is 3.99. The Morgan fingerprint density at radius 1 is 0.714 bits per heavy atom. The monoisotopic (exact) mass is 333 g/mol. The van der Waals surface area contributed by atoms with Crippen LogP contribution in [0.15, 0.2) is 0 Å². The summed E-state index contributed by atoms with van der Waals surface area (Å²) in [6, 6.07) is 2.19. The van der Waals surface area contributed by atoms with Gasteiger partial charge in [-0.2, -0.15) is 5.26 Å². The lowest BCUT2D eigenvalue weighted by Gasteiger charge is -2.15. The summed E-state index contributed by atoms with van der Waals surface area (Å²) in [5.74, 6) is 0. The molecule has 0 rings (SSSR count). The molecule has 0 aromatic rings. The molecule has 1 nitrogen and oxygen atoms in total. The lowest BCUT2D eigenvalue weighted by molar-refractivity contribution is 0.541. The van der Waals surface area contributed by atoms with Crippen molar-refractivity contribution in [2.75, 3.05) is 0 Å². The van der Waals surface area contributed by atoms with E-state index >= 15 is 0 Å². The quantitative estimate of drug-likeness (QED) is 0.229. The molecule has 0 amide bonds. The Hall–Kier alpha value is 0.0700. The van der Waals surface area contributed by atoms with E-state index in [1.165, 1.54) is 64.2 Å². The molecule has 0 N–H and O–H groups in total. The van der Waals surface area contributed by atoms with E-state index in [4.69, 9.17) is 28.5 Å². The summed E-state index contributed by atoms with van der Waals surface area (Å²) in [6.07, 6.45) is 16.5. The molecule has 2 unspecified atom stereocenters. The van der Waals surface area contributed by atoms with Crippen LogP contribution >= 0.6 is 23.2 Å². The van der Waals surface area contributed by atoms with Gasteiger partial charge in [0.05, 0.1) is 6.07 Å². The van der Waals surface area contributed by atoms with Gasteiger partial charge in [0.2, 0.25) is 0 Å². The Kier molecular flexibility index (Phi) is 16.5. The van der Waals surface area contributed by atoms with Crippen LogP contribution in [0.5, 0.6) is 0 Å². The van der Waals surface area contributed by atoms with E-state index in [1.807, 2.05) is 0 Å². The zero-order valence-electron chi connectivity index (χ0n) is 13.8. The second kappa shape index (κ2) is 16.4. The summed E-state index contributed by atoms with van der Waals surface area (Å²) in [5.41, 5.74) is 0. The molecule has 124 valence electrons. The van der Waals surface area contributed by atoms with Crippen LogP contribution in [-0.2, 0) is 0 Å². The molecule has 0 aliphatic heterocycles. The van der Waals surface area contributed by atoms with Crippen molar-refractivity contribution in [3.8, 4) is 6.07 Å². The minimum absolute atomic E-state index is 0.126. The molecule has 0 aliphatic carbocycles. The van der Waals surface area contributed by atoms with Gasteiger partial charge in [0.15, 0.2) is 0 Å². The number of hydrogen-bond acceptors (Lipinski definition) is 1. The highest BCUT2D eigenvalue weighted by Crippen LogP contribution is 2.23. The molecule has 0 saturated heterocycles. The molecular weight excluding hydrogens is 301 g/mol. The molecule has 2 atom stereocenters. The van der Waals surface area contributed by atoms with Gasteiger partial charge in [-0.1, -0.05) is 71.1 Å². The van der Waals surface area contributed by atoms with Crippen LogP contribution < -0.4 is 0 Å². The summed E-state index contributed by atoms with van der Waals surface area (Å²) >= 11 is 12.8. The number of hydrogen-bond donors (Lipinski definition) is 0. The van der Waals surface area contributed by atoms with E-state index in [2.05, 4.69) is 13.0 Å². The SMILES string of the molecule is CCCCCCCCC(Cl)C(Cl)CCCCCCCC#N. The number of rotatable bonds is 15. The highest BCUT2D eigenvalue weighted by Gasteiger charge is 2.15. The third-order valence-corrected chi connectivity index (χ3v) is 5.17. The van der Waals surface area contributed by atoms with Gasteiger partial charge in [-0.3, -0.25) is 0 Å². The maximum absolute atomic E-state index is 8.45. The molecular formula is C18H33Cl2N. The predicted molar refractivity (Wildman–Crippen MR) is 95.2 cm³/mol. The molecule has 3 heteroatoms. The van der Waals surface area contributed by atoms with Crippen LogP contribution in [0.3, 0.4) is 0 Å². The summed E-state index contributed by atoms with van der Waals surface area (Å²) < 4.78 is 0. The molecule has 21 heavy (non-hydrogen) atoms. The van der Waals surface area contributed by atoms with E-state index in [0.717, 1.165) is 19.3 Å².